The van der Waals surface area contributed by atoms with Crippen LogP contribution in [0.3, 0.4) is 0 Å². The van der Waals surface area contributed by atoms with Crippen molar-refractivity contribution in [3.05, 3.63) is 35.9 Å². The van der Waals surface area contributed by atoms with Gasteiger partial charge in [0, 0.05) is 18.6 Å². The molecule has 5 heteroatoms. The van der Waals surface area contributed by atoms with Crippen molar-refractivity contribution >= 4 is 6.09 Å². The molecule has 122 valence electrons. The molecule has 1 amide bonds. The number of hydrogen-bond acceptors (Lipinski definition) is 4. The largest absolute Gasteiger partial charge is 0.445 e. The molecule has 0 bridgehead atoms. The summed E-state index contributed by atoms with van der Waals surface area (Å²) in [6.07, 6.45) is 3.92. The van der Waals surface area contributed by atoms with Gasteiger partial charge >= 0.3 is 6.09 Å². The Hall–Kier alpha value is -1.59. The average Bonchev–Trinajstić information content (AvgIpc) is 2.54. The third kappa shape index (κ3) is 5.00. The first-order valence-electron chi connectivity index (χ1n) is 7.99. The molecular weight excluding hydrogens is 280 g/mol. The van der Waals surface area contributed by atoms with Gasteiger partial charge in [-0.15, -0.1) is 0 Å². The van der Waals surface area contributed by atoms with Crippen LogP contribution in [-0.2, 0) is 11.3 Å². The molecule has 0 radical (unpaired) electrons. The minimum absolute atomic E-state index is 0.0913. The van der Waals surface area contributed by atoms with Crippen LogP contribution in [-0.4, -0.2) is 48.4 Å². The number of alkyl carbamates (subject to hydrolysis) is 1. The van der Waals surface area contributed by atoms with Gasteiger partial charge in [-0.05, 0) is 25.5 Å². The van der Waals surface area contributed by atoms with E-state index < -0.39 is 0 Å². The zero-order valence-electron chi connectivity index (χ0n) is 13.2. The van der Waals surface area contributed by atoms with Gasteiger partial charge < -0.3 is 15.2 Å². The number of hydrogen-bond donors (Lipinski definition) is 2. The molecule has 5 nitrogen and oxygen atoms in total. The first-order valence-corrected chi connectivity index (χ1v) is 7.99. The molecule has 0 heterocycles. The summed E-state index contributed by atoms with van der Waals surface area (Å²) in [7, 11) is 2.00. The monoisotopic (exact) mass is 306 g/mol. The van der Waals surface area contributed by atoms with Gasteiger partial charge in [0.25, 0.3) is 0 Å². The van der Waals surface area contributed by atoms with Crippen LogP contribution in [0.2, 0.25) is 0 Å². The van der Waals surface area contributed by atoms with Crippen molar-refractivity contribution in [2.75, 3.05) is 20.2 Å². The maximum Gasteiger partial charge on any atom is 0.407 e. The average molecular weight is 306 g/mol. The van der Waals surface area contributed by atoms with Crippen molar-refractivity contribution in [2.24, 2.45) is 0 Å². The summed E-state index contributed by atoms with van der Waals surface area (Å²) < 4.78 is 5.30. The number of ether oxygens (including phenoxy) is 1. The summed E-state index contributed by atoms with van der Waals surface area (Å²) >= 11 is 0. The van der Waals surface area contributed by atoms with Gasteiger partial charge in [-0.1, -0.05) is 43.2 Å². The Labute approximate surface area is 132 Å². The number of amides is 1. The summed E-state index contributed by atoms with van der Waals surface area (Å²) in [4.78, 5) is 14.1. The van der Waals surface area contributed by atoms with Crippen molar-refractivity contribution in [3.63, 3.8) is 0 Å². The van der Waals surface area contributed by atoms with E-state index in [4.69, 9.17) is 9.84 Å². The lowest BCUT2D eigenvalue weighted by Crippen LogP contribution is -2.52. The number of aliphatic hydroxyl groups is 1. The Bertz CT molecular complexity index is 452. The Balaban J connectivity index is 1.83. The van der Waals surface area contributed by atoms with Crippen molar-refractivity contribution in [1.29, 1.82) is 0 Å². The molecule has 2 atom stereocenters. The Morgan fingerprint density at radius 3 is 2.77 bits per heavy atom. The summed E-state index contributed by atoms with van der Waals surface area (Å²) in [5.74, 6) is 0. The quantitative estimate of drug-likeness (QED) is 0.845. The minimum Gasteiger partial charge on any atom is -0.445 e. The lowest BCUT2D eigenvalue weighted by Gasteiger charge is -2.37. The van der Waals surface area contributed by atoms with Crippen LogP contribution in [0.15, 0.2) is 30.3 Å². The van der Waals surface area contributed by atoms with E-state index in [1.165, 1.54) is 0 Å². The number of nitrogens with zero attached hydrogens (tertiary/aromatic N) is 1. The van der Waals surface area contributed by atoms with Gasteiger partial charge in [-0.3, -0.25) is 4.90 Å². The maximum absolute atomic E-state index is 12.0. The molecule has 0 aromatic heterocycles. The van der Waals surface area contributed by atoms with E-state index in [1.807, 2.05) is 37.4 Å². The molecule has 1 fully saturated rings. The van der Waals surface area contributed by atoms with E-state index in [2.05, 4.69) is 10.2 Å². The second-order valence-corrected chi connectivity index (χ2v) is 5.87. The van der Waals surface area contributed by atoms with E-state index in [0.717, 1.165) is 31.2 Å². The first-order chi connectivity index (χ1) is 10.7. The lowest BCUT2D eigenvalue weighted by molar-refractivity contribution is 0.102. The molecular formula is C17H26N2O3. The van der Waals surface area contributed by atoms with Gasteiger partial charge in [0.1, 0.15) is 6.61 Å². The molecule has 0 aliphatic heterocycles. The highest BCUT2D eigenvalue weighted by Gasteiger charge is 2.29. The molecule has 1 aliphatic carbocycles. The van der Waals surface area contributed by atoms with Crippen molar-refractivity contribution in [3.8, 4) is 0 Å². The second kappa shape index (κ2) is 8.76. The number of benzene rings is 1. The highest BCUT2D eigenvalue weighted by molar-refractivity contribution is 5.67. The van der Waals surface area contributed by atoms with E-state index in [9.17, 15) is 4.79 Å². The zero-order valence-corrected chi connectivity index (χ0v) is 13.2. The van der Waals surface area contributed by atoms with Crippen molar-refractivity contribution in [2.45, 2.75) is 44.4 Å². The van der Waals surface area contributed by atoms with E-state index >= 15 is 0 Å². The van der Waals surface area contributed by atoms with Crippen LogP contribution < -0.4 is 5.32 Å². The third-order valence-corrected chi connectivity index (χ3v) is 4.26. The van der Waals surface area contributed by atoms with Crippen LogP contribution in [0.4, 0.5) is 4.79 Å². The van der Waals surface area contributed by atoms with E-state index in [0.29, 0.717) is 6.54 Å². The van der Waals surface area contributed by atoms with Gasteiger partial charge in [0.05, 0.1) is 6.61 Å². The molecule has 1 saturated carbocycles. The Kier molecular flexibility index (Phi) is 6.68. The van der Waals surface area contributed by atoms with Crippen LogP contribution in [0.1, 0.15) is 31.2 Å². The Morgan fingerprint density at radius 1 is 1.32 bits per heavy atom. The highest BCUT2D eigenvalue weighted by Crippen LogP contribution is 2.22. The van der Waals surface area contributed by atoms with Crippen LogP contribution in [0.25, 0.3) is 0 Å². The zero-order chi connectivity index (χ0) is 15.8. The standard InChI is InChI=1S/C17H26N2O3/c1-19(11-12-20)16-10-6-5-9-15(16)18-17(21)22-13-14-7-3-2-4-8-14/h2-4,7-8,15-16,20H,5-6,9-13H2,1H3,(H,18,21)/t15-,16+/m1/s1. The highest BCUT2D eigenvalue weighted by atomic mass is 16.5. The predicted molar refractivity (Wildman–Crippen MR) is 85.5 cm³/mol. The fraction of sp³-hybridized carbons (Fsp3) is 0.588. The van der Waals surface area contributed by atoms with E-state index in [1.54, 1.807) is 0 Å². The van der Waals surface area contributed by atoms with E-state index in [-0.39, 0.29) is 31.4 Å². The Morgan fingerprint density at radius 2 is 2.05 bits per heavy atom. The molecule has 1 aromatic rings. The fourth-order valence-corrected chi connectivity index (χ4v) is 3.05. The maximum atomic E-state index is 12.0. The number of aliphatic hydroxyl groups excluding tert-OH is 1. The van der Waals surface area contributed by atoms with Gasteiger partial charge in [0.2, 0.25) is 0 Å². The summed E-state index contributed by atoms with van der Waals surface area (Å²) in [6.45, 7) is 1.05. The molecule has 0 unspecified atom stereocenters. The SMILES string of the molecule is CN(CCO)[C@H]1CCCC[C@H]1NC(=O)OCc1ccccc1. The predicted octanol–water partition coefficient (Wildman–Crippen LogP) is 2.15. The normalized spacial score (nSPS) is 21.6. The van der Waals surface area contributed by atoms with Gasteiger partial charge in [-0.25, -0.2) is 4.79 Å². The van der Waals surface area contributed by atoms with Gasteiger partial charge in [-0.2, -0.15) is 0 Å². The molecule has 2 N–H and O–H groups in total. The van der Waals surface area contributed by atoms with Crippen LogP contribution >= 0.6 is 0 Å². The molecule has 1 aromatic carbocycles. The second-order valence-electron chi connectivity index (χ2n) is 5.87. The smallest absolute Gasteiger partial charge is 0.407 e. The summed E-state index contributed by atoms with van der Waals surface area (Å²) in [5, 5.41) is 12.1. The lowest BCUT2D eigenvalue weighted by atomic mass is 9.89. The molecule has 2 rings (SSSR count). The number of nitrogens with one attached hydrogen (secondary N) is 1. The van der Waals surface area contributed by atoms with Crippen LogP contribution in [0, 0.1) is 0 Å². The minimum atomic E-state index is -0.363. The first kappa shape index (κ1) is 16.8. The number of rotatable bonds is 6. The topological polar surface area (TPSA) is 61.8 Å². The fourth-order valence-electron chi connectivity index (χ4n) is 3.05. The number of carbonyl (C=O) groups is 1. The van der Waals surface area contributed by atoms with Crippen molar-refractivity contribution in [1.82, 2.24) is 10.2 Å². The molecule has 0 saturated heterocycles. The molecule has 0 spiro atoms. The number of carbonyl (C=O) groups excluding carboxylic acids is 1. The third-order valence-electron chi connectivity index (χ3n) is 4.26. The van der Waals surface area contributed by atoms with Crippen molar-refractivity contribution < 1.29 is 14.6 Å². The molecule has 22 heavy (non-hydrogen) atoms. The number of likely N-dealkylation sites (N-methyl/N-ethyl adjacent to an activating group) is 1. The summed E-state index contributed by atoms with van der Waals surface area (Å²) in [6, 6.07) is 10.0. The molecule has 1 aliphatic rings. The summed E-state index contributed by atoms with van der Waals surface area (Å²) in [5.41, 5.74) is 0.982. The van der Waals surface area contributed by atoms with Crippen LogP contribution in [0.5, 0.6) is 0 Å². The van der Waals surface area contributed by atoms with Gasteiger partial charge in [0.15, 0.2) is 0 Å².